The summed E-state index contributed by atoms with van der Waals surface area (Å²) in [6, 6.07) is 11.4. The molecule has 1 aliphatic rings. The number of carbonyl (C=O) groups is 2. The van der Waals surface area contributed by atoms with Gasteiger partial charge in [-0.15, -0.1) is 0 Å². The Morgan fingerprint density at radius 1 is 1.04 bits per heavy atom. The largest absolute Gasteiger partial charge is 0.325 e. The Labute approximate surface area is 151 Å². The summed E-state index contributed by atoms with van der Waals surface area (Å²) in [4.78, 5) is 24.4. The summed E-state index contributed by atoms with van der Waals surface area (Å²) < 4.78 is 24.8. The molecule has 2 amide bonds. The standard InChI is InChI=1S/C18H19N3O4S/c1-18(2)14-9-4-11(10-15(14)20-17(18)23)16(22)19-12-5-7-13(8-6-12)21-26(3,24)25/h4-10,21H,1-3H3,(H,19,22)(H,20,23). The smallest absolute Gasteiger partial charge is 0.255 e. The van der Waals surface area contributed by atoms with Crippen LogP contribution in [0.5, 0.6) is 0 Å². The van der Waals surface area contributed by atoms with Crippen LogP contribution < -0.4 is 15.4 Å². The van der Waals surface area contributed by atoms with Crippen molar-refractivity contribution in [3.63, 3.8) is 0 Å². The van der Waals surface area contributed by atoms with Gasteiger partial charge in [0.1, 0.15) is 0 Å². The van der Waals surface area contributed by atoms with Gasteiger partial charge in [0.25, 0.3) is 5.91 Å². The fourth-order valence-corrected chi connectivity index (χ4v) is 3.34. The van der Waals surface area contributed by atoms with E-state index in [0.717, 1.165) is 11.8 Å². The van der Waals surface area contributed by atoms with Crippen LogP contribution in [0.4, 0.5) is 17.1 Å². The van der Waals surface area contributed by atoms with Crippen molar-refractivity contribution >= 4 is 38.9 Å². The summed E-state index contributed by atoms with van der Waals surface area (Å²) in [7, 11) is -3.35. The highest BCUT2D eigenvalue weighted by molar-refractivity contribution is 7.92. The second-order valence-corrected chi connectivity index (χ2v) is 8.49. The third-order valence-electron chi connectivity index (χ3n) is 4.22. The molecule has 1 aliphatic heterocycles. The van der Waals surface area contributed by atoms with E-state index in [4.69, 9.17) is 0 Å². The maximum Gasteiger partial charge on any atom is 0.255 e. The normalized spacial score (nSPS) is 15.1. The van der Waals surface area contributed by atoms with Gasteiger partial charge in [-0.2, -0.15) is 0 Å². The molecule has 3 rings (SSSR count). The average molecular weight is 373 g/mol. The van der Waals surface area contributed by atoms with Crippen molar-refractivity contribution in [2.75, 3.05) is 21.6 Å². The van der Waals surface area contributed by atoms with Crippen molar-refractivity contribution < 1.29 is 18.0 Å². The zero-order valence-corrected chi connectivity index (χ0v) is 15.4. The second kappa shape index (κ2) is 6.14. The highest BCUT2D eigenvalue weighted by Crippen LogP contribution is 2.37. The van der Waals surface area contributed by atoms with E-state index in [1.807, 2.05) is 13.8 Å². The molecule has 1 heterocycles. The Balaban J connectivity index is 1.75. The molecule has 2 aromatic carbocycles. The highest BCUT2D eigenvalue weighted by atomic mass is 32.2. The molecule has 0 radical (unpaired) electrons. The van der Waals surface area contributed by atoms with Gasteiger partial charge in [0.05, 0.1) is 11.7 Å². The number of hydrogen-bond acceptors (Lipinski definition) is 4. The highest BCUT2D eigenvalue weighted by Gasteiger charge is 2.38. The van der Waals surface area contributed by atoms with Crippen LogP contribution in [0.25, 0.3) is 0 Å². The summed E-state index contributed by atoms with van der Waals surface area (Å²) in [6.07, 6.45) is 1.07. The summed E-state index contributed by atoms with van der Waals surface area (Å²) in [5.41, 5.74) is 2.23. The van der Waals surface area contributed by atoms with Crippen molar-refractivity contribution in [2.24, 2.45) is 0 Å². The first-order valence-electron chi connectivity index (χ1n) is 7.91. The van der Waals surface area contributed by atoms with Crippen LogP contribution in [0.15, 0.2) is 42.5 Å². The predicted molar refractivity (Wildman–Crippen MR) is 101 cm³/mol. The zero-order valence-electron chi connectivity index (χ0n) is 14.6. The monoisotopic (exact) mass is 373 g/mol. The Bertz CT molecular complexity index is 996. The maximum absolute atomic E-state index is 12.4. The van der Waals surface area contributed by atoms with Crippen molar-refractivity contribution in [3.8, 4) is 0 Å². The minimum absolute atomic E-state index is 0.0981. The van der Waals surface area contributed by atoms with Crippen molar-refractivity contribution in [2.45, 2.75) is 19.3 Å². The van der Waals surface area contributed by atoms with Crippen molar-refractivity contribution in [3.05, 3.63) is 53.6 Å². The van der Waals surface area contributed by atoms with Crippen LogP contribution in [0.1, 0.15) is 29.8 Å². The predicted octanol–water partition coefficient (Wildman–Crippen LogP) is 2.54. The van der Waals surface area contributed by atoms with E-state index in [9.17, 15) is 18.0 Å². The topological polar surface area (TPSA) is 104 Å². The van der Waals surface area contributed by atoms with Gasteiger partial charge in [0.2, 0.25) is 15.9 Å². The minimum atomic E-state index is -3.35. The fourth-order valence-electron chi connectivity index (χ4n) is 2.77. The van der Waals surface area contributed by atoms with E-state index in [1.165, 1.54) is 0 Å². The SMILES string of the molecule is CC1(C)C(=O)Nc2cc(C(=O)Nc3ccc(NS(C)(=O)=O)cc3)ccc21. The van der Waals surface area contributed by atoms with Crippen LogP contribution >= 0.6 is 0 Å². The van der Waals surface area contributed by atoms with Gasteiger partial charge in [-0.25, -0.2) is 8.42 Å². The Hall–Kier alpha value is -2.87. The molecule has 2 aromatic rings. The number of nitrogens with one attached hydrogen (secondary N) is 3. The first-order valence-corrected chi connectivity index (χ1v) is 9.80. The van der Waals surface area contributed by atoms with E-state index in [1.54, 1.807) is 42.5 Å². The number of carbonyl (C=O) groups excluding carboxylic acids is 2. The van der Waals surface area contributed by atoms with Crippen LogP contribution in [0.2, 0.25) is 0 Å². The minimum Gasteiger partial charge on any atom is -0.325 e. The first kappa shape index (κ1) is 17.9. The number of fused-ring (bicyclic) bond motifs is 1. The Morgan fingerprint density at radius 2 is 1.65 bits per heavy atom. The molecule has 0 aliphatic carbocycles. The molecule has 0 aromatic heterocycles. The number of rotatable bonds is 4. The number of amides is 2. The quantitative estimate of drug-likeness (QED) is 0.766. The molecule has 0 bridgehead atoms. The first-order chi connectivity index (χ1) is 12.1. The number of anilines is 3. The van der Waals surface area contributed by atoms with E-state index < -0.39 is 15.4 Å². The number of hydrogen-bond donors (Lipinski definition) is 3. The third kappa shape index (κ3) is 3.55. The molecule has 0 atom stereocenters. The lowest BCUT2D eigenvalue weighted by molar-refractivity contribution is -0.119. The second-order valence-electron chi connectivity index (χ2n) is 6.75. The average Bonchev–Trinajstić information content (AvgIpc) is 2.77. The Morgan fingerprint density at radius 3 is 2.27 bits per heavy atom. The molecule has 0 spiro atoms. The molecular formula is C18H19N3O4S. The lowest BCUT2D eigenvalue weighted by Gasteiger charge is -2.15. The third-order valence-corrected chi connectivity index (χ3v) is 4.82. The summed E-state index contributed by atoms with van der Waals surface area (Å²) in [5, 5.41) is 5.53. The lowest BCUT2D eigenvalue weighted by atomic mass is 9.86. The van der Waals surface area contributed by atoms with Gasteiger partial charge >= 0.3 is 0 Å². The van der Waals surface area contributed by atoms with Gasteiger partial charge in [0, 0.05) is 22.6 Å². The van der Waals surface area contributed by atoms with E-state index >= 15 is 0 Å². The molecule has 26 heavy (non-hydrogen) atoms. The fraction of sp³-hybridized carbons (Fsp3) is 0.222. The number of sulfonamides is 1. The van der Waals surface area contributed by atoms with E-state index in [2.05, 4.69) is 15.4 Å². The van der Waals surface area contributed by atoms with Crippen molar-refractivity contribution in [1.82, 2.24) is 0 Å². The van der Waals surface area contributed by atoms with Crippen LogP contribution in [-0.2, 0) is 20.2 Å². The summed E-state index contributed by atoms with van der Waals surface area (Å²) in [5.74, 6) is -0.422. The van der Waals surface area contributed by atoms with Gasteiger partial charge in [-0.05, 0) is 55.8 Å². The molecule has 136 valence electrons. The van der Waals surface area contributed by atoms with Crippen LogP contribution in [0.3, 0.4) is 0 Å². The van der Waals surface area contributed by atoms with E-state index in [0.29, 0.717) is 22.6 Å². The van der Waals surface area contributed by atoms with Gasteiger partial charge in [-0.1, -0.05) is 6.07 Å². The molecule has 0 saturated carbocycles. The molecule has 3 N–H and O–H groups in total. The molecular weight excluding hydrogens is 354 g/mol. The molecule has 7 nitrogen and oxygen atoms in total. The summed E-state index contributed by atoms with van der Waals surface area (Å²) in [6.45, 7) is 3.67. The number of benzene rings is 2. The van der Waals surface area contributed by atoms with Crippen LogP contribution in [0, 0.1) is 0 Å². The van der Waals surface area contributed by atoms with Crippen LogP contribution in [-0.4, -0.2) is 26.5 Å². The Kier molecular flexibility index (Phi) is 4.23. The lowest BCUT2D eigenvalue weighted by Crippen LogP contribution is -2.26. The maximum atomic E-state index is 12.4. The molecule has 8 heteroatoms. The van der Waals surface area contributed by atoms with Gasteiger partial charge in [-0.3, -0.25) is 14.3 Å². The summed E-state index contributed by atoms with van der Waals surface area (Å²) >= 11 is 0. The zero-order chi connectivity index (χ0) is 19.1. The molecule has 0 saturated heterocycles. The molecule has 0 fully saturated rings. The van der Waals surface area contributed by atoms with E-state index in [-0.39, 0.29) is 11.8 Å². The van der Waals surface area contributed by atoms with Crippen molar-refractivity contribution in [1.29, 1.82) is 0 Å². The van der Waals surface area contributed by atoms with Gasteiger partial charge < -0.3 is 10.6 Å². The van der Waals surface area contributed by atoms with Gasteiger partial charge in [0.15, 0.2) is 0 Å². The molecule has 0 unspecified atom stereocenters.